The van der Waals surface area contributed by atoms with Gasteiger partial charge in [0.25, 0.3) is 0 Å². The van der Waals surface area contributed by atoms with Gasteiger partial charge >= 0.3 is 0 Å². The smallest absolute Gasteiger partial charge is 0.191 e. The van der Waals surface area contributed by atoms with Gasteiger partial charge in [0.1, 0.15) is 0 Å². The first-order valence-electron chi connectivity index (χ1n) is 9.63. The van der Waals surface area contributed by atoms with E-state index in [9.17, 15) is 0 Å². The van der Waals surface area contributed by atoms with Gasteiger partial charge in [-0.3, -0.25) is 9.89 Å². The summed E-state index contributed by atoms with van der Waals surface area (Å²) in [6.07, 6.45) is 13.0. The summed E-state index contributed by atoms with van der Waals surface area (Å²) >= 11 is 0. The lowest BCUT2D eigenvalue weighted by Crippen LogP contribution is -2.49. The summed E-state index contributed by atoms with van der Waals surface area (Å²) in [4.78, 5) is 6.94. The molecule has 3 rings (SSSR count). The van der Waals surface area contributed by atoms with Crippen molar-refractivity contribution in [2.75, 3.05) is 26.7 Å². The van der Waals surface area contributed by atoms with Crippen molar-refractivity contribution in [1.82, 2.24) is 15.5 Å². The fraction of sp³-hybridized carbons (Fsp3) is 0.842. The van der Waals surface area contributed by atoms with E-state index < -0.39 is 0 Å². The van der Waals surface area contributed by atoms with Crippen LogP contribution in [0.25, 0.3) is 0 Å². The second-order valence-electron chi connectivity index (χ2n) is 7.63. The number of hydrogen-bond donors (Lipinski definition) is 2. The molecule has 3 aliphatic rings. The average Bonchev–Trinajstić information content (AvgIpc) is 3.36. The number of nitrogens with zero attached hydrogens (tertiary/aromatic N) is 2. The zero-order valence-corrected chi connectivity index (χ0v) is 17.5. The standard InChI is InChI=1S/C19H34N4.HI/c1-3-11-23-12-9-16(10-13-23)21-19(20-2)22-18-14-17(18)15-7-5-4-6-8-15;/h3,15-18H,1,4-14H2,2H3,(H2,20,21,22);1H. The maximum Gasteiger partial charge on any atom is 0.191 e. The molecular weight excluding hydrogens is 411 g/mol. The summed E-state index contributed by atoms with van der Waals surface area (Å²) in [5.74, 6) is 2.90. The summed E-state index contributed by atoms with van der Waals surface area (Å²) in [6, 6.07) is 1.24. The normalized spacial score (nSPS) is 29.6. The Hall–Kier alpha value is -0.300. The van der Waals surface area contributed by atoms with E-state index in [2.05, 4.69) is 27.1 Å². The van der Waals surface area contributed by atoms with E-state index in [-0.39, 0.29) is 24.0 Å². The second-order valence-corrected chi connectivity index (χ2v) is 7.63. The van der Waals surface area contributed by atoms with Crippen LogP contribution in [0, 0.1) is 11.8 Å². The molecule has 0 amide bonds. The Morgan fingerprint density at radius 2 is 1.83 bits per heavy atom. The van der Waals surface area contributed by atoms with Crippen molar-refractivity contribution in [3.63, 3.8) is 0 Å². The van der Waals surface area contributed by atoms with Crippen molar-refractivity contribution in [3.8, 4) is 0 Å². The van der Waals surface area contributed by atoms with Gasteiger partial charge in [0, 0.05) is 38.8 Å². The van der Waals surface area contributed by atoms with E-state index in [1.54, 1.807) is 0 Å². The van der Waals surface area contributed by atoms with Gasteiger partial charge in [-0.2, -0.15) is 0 Å². The molecule has 2 N–H and O–H groups in total. The molecule has 0 radical (unpaired) electrons. The monoisotopic (exact) mass is 446 g/mol. The van der Waals surface area contributed by atoms with Gasteiger partial charge in [-0.05, 0) is 31.1 Å². The summed E-state index contributed by atoms with van der Waals surface area (Å²) in [7, 11) is 1.90. The van der Waals surface area contributed by atoms with E-state index in [1.807, 2.05) is 13.1 Å². The minimum atomic E-state index is 0. The Morgan fingerprint density at radius 3 is 2.46 bits per heavy atom. The maximum atomic E-state index is 4.46. The zero-order valence-electron chi connectivity index (χ0n) is 15.2. The molecule has 1 saturated heterocycles. The van der Waals surface area contributed by atoms with E-state index in [4.69, 9.17) is 0 Å². The summed E-state index contributed by atoms with van der Waals surface area (Å²) in [5.41, 5.74) is 0. The quantitative estimate of drug-likeness (QED) is 0.295. The fourth-order valence-corrected chi connectivity index (χ4v) is 4.45. The molecule has 5 heteroatoms. The van der Waals surface area contributed by atoms with E-state index in [1.165, 1.54) is 51.4 Å². The van der Waals surface area contributed by atoms with Crippen LogP contribution < -0.4 is 10.6 Å². The van der Waals surface area contributed by atoms with Crippen LogP contribution in [0.15, 0.2) is 17.6 Å². The molecule has 0 bridgehead atoms. The fourth-order valence-electron chi connectivity index (χ4n) is 4.45. The second kappa shape index (κ2) is 10.00. The van der Waals surface area contributed by atoms with Crippen molar-refractivity contribution < 1.29 is 0 Å². The third-order valence-corrected chi connectivity index (χ3v) is 5.96. The first-order chi connectivity index (χ1) is 11.3. The topological polar surface area (TPSA) is 39.7 Å². The Bertz CT molecular complexity index is 412. The molecule has 2 saturated carbocycles. The zero-order chi connectivity index (χ0) is 16.1. The van der Waals surface area contributed by atoms with Gasteiger partial charge in [-0.15, -0.1) is 30.6 Å². The number of halogens is 1. The van der Waals surface area contributed by atoms with Crippen LogP contribution in [-0.2, 0) is 0 Å². The molecule has 0 spiro atoms. The van der Waals surface area contributed by atoms with E-state index >= 15 is 0 Å². The van der Waals surface area contributed by atoms with Crippen LogP contribution in [0.3, 0.4) is 0 Å². The molecule has 4 nitrogen and oxygen atoms in total. The van der Waals surface area contributed by atoms with Gasteiger partial charge in [0.15, 0.2) is 5.96 Å². The Kier molecular flexibility index (Phi) is 8.34. The summed E-state index contributed by atoms with van der Waals surface area (Å²) in [6.45, 7) is 7.18. The lowest BCUT2D eigenvalue weighted by Gasteiger charge is -2.32. The Morgan fingerprint density at radius 1 is 1.12 bits per heavy atom. The van der Waals surface area contributed by atoms with E-state index in [0.717, 1.165) is 37.4 Å². The minimum absolute atomic E-state index is 0. The lowest BCUT2D eigenvalue weighted by molar-refractivity contribution is 0.225. The summed E-state index contributed by atoms with van der Waals surface area (Å²) in [5, 5.41) is 7.33. The molecule has 0 aromatic carbocycles. The van der Waals surface area contributed by atoms with Crippen LogP contribution in [0.1, 0.15) is 51.4 Å². The highest BCUT2D eigenvalue weighted by Crippen LogP contribution is 2.44. The highest BCUT2D eigenvalue weighted by atomic mass is 127. The van der Waals surface area contributed by atoms with Gasteiger partial charge in [-0.25, -0.2) is 0 Å². The molecule has 3 fully saturated rings. The van der Waals surface area contributed by atoms with Crippen molar-refractivity contribution in [1.29, 1.82) is 0 Å². The number of likely N-dealkylation sites (tertiary alicyclic amines) is 1. The molecule has 2 aliphatic carbocycles. The van der Waals surface area contributed by atoms with Crippen molar-refractivity contribution in [3.05, 3.63) is 12.7 Å². The molecule has 24 heavy (non-hydrogen) atoms. The average molecular weight is 446 g/mol. The highest BCUT2D eigenvalue weighted by molar-refractivity contribution is 14.0. The number of nitrogens with one attached hydrogen (secondary N) is 2. The molecule has 2 unspecified atom stereocenters. The predicted molar refractivity (Wildman–Crippen MR) is 113 cm³/mol. The van der Waals surface area contributed by atoms with Crippen molar-refractivity contribution in [2.24, 2.45) is 16.8 Å². The first kappa shape index (κ1) is 20.0. The van der Waals surface area contributed by atoms with E-state index in [0.29, 0.717) is 12.1 Å². The van der Waals surface area contributed by atoms with Crippen LogP contribution in [0.4, 0.5) is 0 Å². The minimum Gasteiger partial charge on any atom is -0.354 e. The third kappa shape index (κ3) is 5.61. The largest absolute Gasteiger partial charge is 0.354 e. The van der Waals surface area contributed by atoms with Crippen LogP contribution >= 0.6 is 24.0 Å². The number of rotatable bonds is 5. The Balaban J connectivity index is 0.00000208. The van der Waals surface area contributed by atoms with Crippen molar-refractivity contribution >= 4 is 29.9 Å². The maximum absolute atomic E-state index is 4.46. The molecular formula is C19H35IN4. The van der Waals surface area contributed by atoms with Crippen LogP contribution in [0.2, 0.25) is 0 Å². The number of aliphatic imine (C=N–C) groups is 1. The SMILES string of the molecule is C=CCN1CCC(NC(=NC)NC2CC2C2CCCCC2)CC1.I. The van der Waals surface area contributed by atoms with Crippen LogP contribution in [0.5, 0.6) is 0 Å². The Labute approximate surface area is 164 Å². The molecule has 0 aromatic rings. The molecule has 138 valence electrons. The number of piperidine rings is 1. The van der Waals surface area contributed by atoms with Gasteiger partial charge < -0.3 is 10.6 Å². The third-order valence-electron chi connectivity index (χ3n) is 5.96. The predicted octanol–water partition coefficient (Wildman–Crippen LogP) is 3.39. The number of hydrogen-bond acceptors (Lipinski definition) is 2. The molecule has 2 atom stereocenters. The van der Waals surface area contributed by atoms with Gasteiger partial charge in [0.05, 0.1) is 0 Å². The molecule has 1 heterocycles. The van der Waals surface area contributed by atoms with Crippen LogP contribution in [-0.4, -0.2) is 49.6 Å². The number of guanidine groups is 1. The molecule has 1 aliphatic heterocycles. The van der Waals surface area contributed by atoms with Gasteiger partial charge in [-0.1, -0.05) is 38.2 Å². The van der Waals surface area contributed by atoms with Gasteiger partial charge in [0.2, 0.25) is 0 Å². The first-order valence-corrected chi connectivity index (χ1v) is 9.63. The summed E-state index contributed by atoms with van der Waals surface area (Å²) < 4.78 is 0. The molecule has 0 aromatic heterocycles. The van der Waals surface area contributed by atoms with Crippen molar-refractivity contribution in [2.45, 2.75) is 63.5 Å². The lowest BCUT2D eigenvalue weighted by atomic mass is 9.85. The highest BCUT2D eigenvalue weighted by Gasteiger charge is 2.43.